The monoisotopic (exact) mass is 439 g/mol. The van der Waals surface area contributed by atoms with Crippen LogP contribution in [0.5, 0.6) is 0 Å². The zero-order valence-corrected chi connectivity index (χ0v) is 18.6. The number of nitrogens with one attached hydrogen (secondary N) is 3. The average molecular weight is 440 g/mol. The fraction of sp³-hybridized carbons (Fsp3) is 0.364. The summed E-state index contributed by atoms with van der Waals surface area (Å²) in [5.74, 6) is 2.05. The van der Waals surface area contributed by atoms with E-state index in [0.29, 0.717) is 28.5 Å². The molecule has 162 valence electrons. The molecule has 0 aliphatic carbocycles. The van der Waals surface area contributed by atoms with E-state index in [9.17, 15) is 4.79 Å². The van der Waals surface area contributed by atoms with Gasteiger partial charge < -0.3 is 15.5 Å². The van der Waals surface area contributed by atoms with Gasteiger partial charge in [-0.05, 0) is 62.3 Å². The van der Waals surface area contributed by atoms with Crippen molar-refractivity contribution in [2.45, 2.75) is 39.5 Å². The summed E-state index contributed by atoms with van der Waals surface area (Å²) in [7, 11) is 0. The van der Waals surface area contributed by atoms with Crippen LogP contribution >= 0.6 is 11.6 Å². The van der Waals surface area contributed by atoms with E-state index in [1.54, 1.807) is 6.20 Å². The number of aromatic nitrogens is 4. The van der Waals surface area contributed by atoms with Gasteiger partial charge in [0, 0.05) is 30.5 Å². The predicted octanol–water partition coefficient (Wildman–Crippen LogP) is 4.60. The number of benzene rings is 1. The maximum atomic E-state index is 11.0. The number of halogens is 1. The fourth-order valence-electron chi connectivity index (χ4n) is 3.97. The van der Waals surface area contributed by atoms with Crippen molar-refractivity contribution in [3.63, 3.8) is 0 Å². The van der Waals surface area contributed by atoms with Gasteiger partial charge in [-0.3, -0.25) is 9.89 Å². The third-order valence-electron chi connectivity index (χ3n) is 5.67. The minimum atomic E-state index is 0.413. The second-order valence-electron chi connectivity index (χ2n) is 8.02. The number of rotatable bonds is 6. The molecule has 0 spiro atoms. The fourth-order valence-corrected chi connectivity index (χ4v) is 4.11. The number of carbonyl (C=O) groups is 1. The molecule has 3 aromatic rings. The Morgan fingerprint density at radius 2 is 1.90 bits per heavy atom. The van der Waals surface area contributed by atoms with Gasteiger partial charge in [-0.2, -0.15) is 10.1 Å². The molecule has 3 N–H and O–H groups in total. The van der Waals surface area contributed by atoms with Crippen LogP contribution in [0.1, 0.15) is 41.1 Å². The van der Waals surface area contributed by atoms with Crippen LogP contribution < -0.4 is 10.6 Å². The minimum absolute atomic E-state index is 0.413. The van der Waals surface area contributed by atoms with Crippen LogP contribution in [-0.2, 0) is 4.79 Å². The number of piperidine rings is 1. The largest absolute Gasteiger partial charge is 0.345 e. The van der Waals surface area contributed by atoms with Crippen LogP contribution in [0.3, 0.4) is 0 Å². The zero-order valence-electron chi connectivity index (χ0n) is 17.9. The number of amides is 1. The molecule has 1 saturated heterocycles. The van der Waals surface area contributed by atoms with Crippen LogP contribution in [0.25, 0.3) is 0 Å². The molecule has 1 aliphatic heterocycles. The molecule has 9 heteroatoms. The summed E-state index contributed by atoms with van der Waals surface area (Å²) in [6.45, 7) is 7.76. The summed E-state index contributed by atoms with van der Waals surface area (Å²) in [6.07, 6.45) is 4.50. The molecule has 1 aromatic carbocycles. The Balaban J connectivity index is 1.52. The SMILES string of the molecule is Cc1cc(Nc2nc(Nc3cc(C)c(C4CCN(C=O)CC4)cc3C)ncc2Cl)n[nH]1. The maximum absolute atomic E-state index is 11.0. The Morgan fingerprint density at radius 1 is 1.13 bits per heavy atom. The highest BCUT2D eigenvalue weighted by Gasteiger charge is 2.22. The molecule has 4 rings (SSSR count). The Bertz CT molecular complexity index is 1090. The van der Waals surface area contributed by atoms with Crippen molar-refractivity contribution in [3.8, 4) is 0 Å². The Morgan fingerprint density at radius 3 is 2.58 bits per heavy atom. The van der Waals surface area contributed by atoms with E-state index in [-0.39, 0.29) is 0 Å². The van der Waals surface area contributed by atoms with Crippen LogP contribution in [0.2, 0.25) is 5.02 Å². The number of aryl methyl sites for hydroxylation is 3. The Hall–Kier alpha value is -3.13. The van der Waals surface area contributed by atoms with Crippen molar-refractivity contribution >= 4 is 41.3 Å². The number of aromatic amines is 1. The highest BCUT2D eigenvalue weighted by Crippen LogP contribution is 2.34. The molecular weight excluding hydrogens is 414 g/mol. The van der Waals surface area contributed by atoms with Crippen molar-refractivity contribution in [2.24, 2.45) is 0 Å². The van der Waals surface area contributed by atoms with E-state index in [1.165, 1.54) is 11.1 Å². The lowest BCUT2D eigenvalue weighted by molar-refractivity contribution is -0.119. The maximum Gasteiger partial charge on any atom is 0.229 e. The first-order chi connectivity index (χ1) is 14.9. The molecule has 0 radical (unpaired) electrons. The molecule has 0 unspecified atom stereocenters. The van der Waals surface area contributed by atoms with Crippen molar-refractivity contribution < 1.29 is 4.79 Å². The van der Waals surface area contributed by atoms with Crippen molar-refractivity contribution in [1.29, 1.82) is 0 Å². The number of hydrogen-bond acceptors (Lipinski definition) is 6. The molecule has 3 heterocycles. The molecule has 0 bridgehead atoms. The zero-order chi connectivity index (χ0) is 22.0. The first-order valence-electron chi connectivity index (χ1n) is 10.3. The number of carbonyl (C=O) groups excluding carboxylic acids is 1. The quantitative estimate of drug-likeness (QED) is 0.485. The van der Waals surface area contributed by atoms with Crippen LogP contribution in [-0.4, -0.2) is 44.6 Å². The van der Waals surface area contributed by atoms with E-state index in [1.807, 2.05) is 17.9 Å². The lowest BCUT2D eigenvalue weighted by Crippen LogP contribution is -2.31. The van der Waals surface area contributed by atoms with E-state index >= 15 is 0 Å². The van der Waals surface area contributed by atoms with Gasteiger partial charge in [-0.1, -0.05) is 17.7 Å². The molecule has 31 heavy (non-hydrogen) atoms. The highest BCUT2D eigenvalue weighted by molar-refractivity contribution is 6.32. The van der Waals surface area contributed by atoms with Gasteiger partial charge in [-0.15, -0.1) is 0 Å². The van der Waals surface area contributed by atoms with Gasteiger partial charge in [0.1, 0.15) is 5.02 Å². The van der Waals surface area contributed by atoms with Crippen molar-refractivity contribution in [3.05, 3.63) is 51.8 Å². The summed E-state index contributed by atoms with van der Waals surface area (Å²) in [4.78, 5) is 21.7. The van der Waals surface area contributed by atoms with E-state index in [0.717, 1.165) is 49.3 Å². The first kappa shape index (κ1) is 21.1. The number of anilines is 4. The molecule has 1 fully saturated rings. The molecule has 8 nitrogen and oxygen atoms in total. The molecule has 2 aromatic heterocycles. The van der Waals surface area contributed by atoms with Crippen molar-refractivity contribution in [2.75, 3.05) is 23.7 Å². The molecule has 0 atom stereocenters. The van der Waals surface area contributed by atoms with Crippen LogP contribution in [0, 0.1) is 20.8 Å². The summed E-state index contributed by atoms with van der Waals surface area (Å²) in [6, 6.07) is 6.25. The predicted molar refractivity (Wildman–Crippen MR) is 122 cm³/mol. The number of hydrogen-bond donors (Lipinski definition) is 3. The number of H-pyrrole nitrogens is 1. The summed E-state index contributed by atoms with van der Waals surface area (Å²) >= 11 is 6.26. The van der Waals surface area contributed by atoms with Gasteiger partial charge in [0.15, 0.2) is 11.6 Å². The van der Waals surface area contributed by atoms with Crippen molar-refractivity contribution in [1.82, 2.24) is 25.1 Å². The molecular formula is C22H26ClN7O. The smallest absolute Gasteiger partial charge is 0.229 e. The normalized spacial score (nSPS) is 14.5. The van der Waals surface area contributed by atoms with Gasteiger partial charge in [0.25, 0.3) is 0 Å². The van der Waals surface area contributed by atoms with E-state index in [4.69, 9.17) is 11.6 Å². The summed E-state index contributed by atoms with van der Waals surface area (Å²) < 4.78 is 0. The number of nitrogens with zero attached hydrogens (tertiary/aromatic N) is 4. The second kappa shape index (κ2) is 8.93. The van der Waals surface area contributed by atoms with Gasteiger partial charge in [0.05, 0.1) is 6.20 Å². The number of likely N-dealkylation sites (tertiary alicyclic amines) is 1. The minimum Gasteiger partial charge on any atom is -0.345 e. The Labute approximate surface area is 186 Å². The highest BCUT2D eigenvalue weighted by atomic mass is 35.5. The lowest BCUT2D eigenvalue weighted by Gasteiger charge is -2.30. The summed E-state index contributed by atoms with van der Waals surface area (Å²) in [5.41, 5.74) is 5.58. The second-order valence-corrected chi connectivity index (χ2v) is 8.42. The van der Waals surface area contributed by atoms with Crippen LogP contribution in [0.15, 0.2) is 24.4 Å². The van der Waals surface area contributed by atoms with Crippen LogP contribution in [0.4, 0.5) is 23.3 Å². The van der Waals surface area contributed by atoms with Gasteiger partial charge in [0.2, 0.25) is 12.4 Å². The third-order valence-corrected chi connectivity index (χ3v) is 5.95. The summed E-state index contributed by atoms with van der Waals surface area (Å²) in [5, 5.41) is 13.9. The first-order valence-corrected chi connectivity index (χ1v) is 10.7. The lowest BCUT2D eigenvalue weighted by atomic mass is 9.85. The third kappa shape index (κ3) is 4.80. The Kier molecular flexibility index (Phi) is 6.08. The topological polar surface area (TPSA) is 98.8 Å². The van der Waals surface area contributed by atoms with Gasteiger partial charge >= 0.3 is 0 Å². The van der Waals surface area contributed by atoms with Gasteiger partial charge in [-0.25, -0.2) is 4.98 Å². The van der Waals surface area contributed by atoms with E-state index < -0.39 is 0 Å². The average Bonchev–Trinajstić information content (AvgIpc) is 3.17. The molecule has 1 aliphatic rings. The standard InChI is InChI=1S/C22H26ClN7O/c1-13-9-19(14(2)8-17(13)16-4-6-30(12-31)7-5-16)25-22-24-11-18(23)21(27-22)26-20-10-15(3)28-29-20/h8-12,16H,4-7H2,1-3H3,(H3,24,25,26,27,28,29). The molecule has 0 saturated carbocycles. The molecule has 1 amide bonds. The van der Waals surface area contributed by atoms with E-state index in [2.05, 4.69) is 56.8 Å².